The number of hydrogen-bond acceptors (Lipinski definition) is 6. The fraction of sp³-hybridized carbons (Fsp3) is 0.300. The van der Waals surface area contributed by atoms with Crippen LogP contribution in [-0.4, -0.2) is 42.3 Å². The zero-order chi connectivity index (χ0) is 26.8. The number of nitrogens with two attached hydrogens (primary N) is 2. The number of rotatable bonds is 10. The molecule has 0 aromatic heterocycles. The maximum Gasteiger partial charge on any atom is 0.235 e. The minimum Gasteiger partial charge on any atom is -0.368 e. The molecule has 0 spiro atoms. The summed E-state index contributed by atoms with van der Waals surface area (Å²) in [6.45, 7) is 1.06. The van der Waals surface area contributed by atoms with E-state index in [0.29, 0.717) is 0 Å². The van der Waals surface area contributed by atoms with Crippen LogP contribution in [0.4, 0.5) is 35.1 Å². The summed E-state index contributed by atoms with van der Waals surface area (Å²) in [6.07, 6.45) is 0. The van der Waals surface area contributed by atoms with Crippen LogP contribution >= 0.6 is 23.5 Å². The molecule has 15 heteroatoms. The Morgan fingerprint density at radius 2 is 1.09 bits per heavy atom. The Bertz CT molecular complexity index is 1120. The van der Waals surface area contributed by atoms with Gasteiger partial charge in [0, 0.05) is 11.5 Å². The van der Waals surface area contributed by atoms with Gasteiger partial charge in [0.2, 0.25) is 5.91 Å². The number of hydrogen-bond donors (Lipinski definition) is 3. The third kappa shape index (κ3) is 5.73. The standard InChI is InChI=1S/C20H17F8N3O2S2/c1-5(32)6(29)3-34-18-14(25)10(21)8(11(22)15(18)26)9-12(23)16(27)19(17(28)13(9)24)35-4-7(31-2)20(30)33/h6-7,31H,3-4,29H2,1-2H3,(H2,30,33)/t6-,7-/m0/s1. The number of nitrogens with one attached hydrogen (secondary N) is 1. The highest BCUT2D eigenvalue weighted by Crippen LogP contribution is 2.42. The van der Waals surface area contributed by atoms with Crippen LogP contribution in [0.25, 0.3) is 11.1 Å². The van der Waals surface area contributed by atoms with Gasteiger partial charge < -0.3 is 16.8 Å². The van der Waals surface area contributed by atoms with Gasteiger partial charge in [-0.25, -0.2) is 35.1 Å². The molecule has 0 heterocycles. The van der Waals surface area contributed by atoms with E-state index in [1.807, 2.05) is 0 Å². The SMILES string of the molecule is CN[C@@H](CSc1c(F)c(F)c(-c2c(F)c(F)c(SC[C@H](N)C(C)=O)c(F)c2F)c(F)c1F)C(N)=O. The summed E-state index contributed by atoms with van der Waals surface area (Å²) in [7, 11) is 1.28. The molecule has 1 amide bonds. The van der Waals surface area contributed by atoms with Crippen molar-refractivity contribution in [1.29, 1.82) is 0 Å². The number of ketones is 1. The normalized spacial score (nSPS) is 13.1. The molecule has 0 unspecified atom stereocenters. The average molecular weight is 547 g/mol. The second-order valence-electron chi connectivity index (χ2n) is 7.00. The first-order valence-corrected chi connectivity index (χ1v) is 11.4. The first kappa shape index (κ1) is 28.9. The number of thioether (sulfide) groups is 2. The molecule has 192 valence electrons. The zero-order valence-corrected chi connectivity index (χ0v) is 19.5. The lowest BCUT2D eigenvalue weighted by Crippen LogP contribution is -2.41. The van der Waals surface area contributed by atoms with Crippen molar-refractivity contribution in [3.63, 3.8) is 0 Å². The van der Waals surface area contributed by atoms with E-state index >= 15 is 0 Å². The van der Waals surface area contributed by atoms with E-state index in [9.17, 15) is 44.7 Å². The smallest absolute Gasteiger partial charge is 0.235 e. The van der Waals surface area contributed by atoms with Crippen molar-refractivity contribution in [2.45, 2.75) is 28.8 Å². The minimum atomic E-state index is -2.33. The van der Waals surface area contributed by atoms with Crippen molar-refractivity contribution < 1.29 is 44.7 Å². The molecule has 0 aliphatic heterocycles. The Balaban J connectivity index is 2.62. The first-order valence-electron chi connectivity index (χ1n) is 9.46. The zero-order valence-electron chi connectivity index (χ0n) is 17.9. The van der Waals surface area contributed by atoms with E-state index in [0.717, 1.165) is 6.92 Å². The molecule has 0 fully saturated rings. The van der Waals surface area contributed by atoms with Gasteiger partial charge in [-0.3, -0.25) is 9.59 Å². The molecule has 2 aromatic carbocycles. The van der Waals surface area contributed by atoms with Crippen molar-refractivity contribution in [3.05, 3.63) is 46.5 Å². The van der Waals surface area contributed by atoms with Crippen LogP contribution in [0.2, 0.25) is 0 Å². The Morgan fingerprint density at radius 3 is 1.37 bits per heavy atom. The predicted molar refractivity (Wildman–Crippen MR) is 114 cm³/mol. The van der Waals surface area contributed by atoms with Crippen LogP contribution in [0.3, 0.4) is 0 Å². The van der Waals surface area contributed by atoms with Crippen LogP contribution in [0, 0.1) is 46.5 Å². The second kappa shape index (κ2) is 11.6. The van der Waals surface area contributed by atoms with Gasteiger partial charge in [-0.2, -0.15) is 0 Å². The lowest BCUT2D eigenvalue weighted by molar-refractivity contribution is -0.119. The van der Waals surface area contributed by atoms with Gasteiger partial charge in [-0.05, 0) is 14.0 Å². The van der Waals surface area contributed by atoms with E-state index in [4.69, 9.17) is 11.5 Å². The largest absolute Gasteiger partial charge is 0.368 e. The van der Waals surface area contributed by atoms with Gasteiger partial charge in [0.25, 0.3) is 0 Å². The highest BCUT2D eigenvalue weighted by atomic mass is 32.2. The molecular formula is C20H17F8N3O2S2. The molecule has 0 radical (unpaired) electrons. The van der Waals surface area contributed by atoms with E-state index in [1.54, 1.807) is 0 Å². The Morgan fingerprint density at radius 1 is 0.743 bits per heavy atom. The Hall–Kier alpha value is -2.36. The van der Waals surface area contributed by atoms with Gasteiger partial charge in [0.15, 0.2) is 46.5 Å². The van der Waals surface area contributed by atoms with Crippen molar-refractivity contribution in [3.8, 4) is 11.1 Å². The summed E-state index contributed by atoms with van der Waals surface area (Å²) >= 11 is 0.239. The highest BCUT2D eigenvalue weighted by molar-refractivity contribution is 7.99. The lowest BCUT2D eigenvalue weighted by Gasteiger charge is -2.17. The summed E-state index contributed by atoms with van der Waals surface area (Å²) in [5.74, 6) is -20.3. The molecule has 0 saturated heterocycles. The molecule has 2 aromatic rings. The van der Waals surface area contributed by atoms with Crippen LogP contribution < -0.4 is 16.8 Å². The number of carbonyl (C=O) groups excluding carboxylic acids is 2. The average Bonchev–Trinajstić information content (AvgIpc) is 2.80. The van der Waals surface area contributed by atoms with Crippen LogP contribution in [0.1, 0.15) is 6.92 Å². The topological polar surface area (TPSA) is 98.2 Å². The number of benzene rings is 2. The molecule has 5 N–H and O–H groups in total. The summed E-state index contributed by atoms with van der Waals surface area (Å²) in [6, 6.07) is -2.41. The summed E-state index contributed by atoms with van der Waals surface area (Å²) in [5.41, 5.74) is 6.41. The number of halogens is 8. The van der Waals surface area contributed by atoms with Gasteiger partial charge >= 0.3 is 0 Å². The maximum atomic E-state index is 14.7. The fourth-order valence-electron chi connectivity index (χ4n) is 2.68. The van der Waals surface area contributed by atoms with Crippen molar-refractivity contribution in [2.24, 2.45) is 11.5 Å². The van der Waals surface area contributed by atoms with E-state index in [1.165, 1.54) is 7.05 Å². The van der Waals surface area contributed by atoms with Crippen molar-refractivity contribution >= 4 is 35.2 Å². The van der Waals surface area contributed by atoms with Gasteiger partial charge in [-0.1, -0.05) is 0 Å². The molecule has 2 rings (SSSR count). The Kier molecular flexibility index (Phi) is 9.56. The van der Waals surface area contributed by atoms with E-state index in [2.05, 4.69) is 5.32 Å². The number of primary amides is 1. The van der Waals surface area contributed by atoms with Crippen molar-refractivity contribution in [2.75, 3.05) is 18.6 Å². The molecule has 0 saturated carbocycles. The number of likely N-dealkylation sites (N-methyl/N-ethyl adjacent to an activating group) is 1. The van der Waals surface area contributed by atoms with Gasteiger partial charge in [0.1, 0.15) is 5.78 Å². The van der Waals surface area contributed by atoms with Gasteiger partial charge in [0.05, 0.1) is 33.0 Å². The first-order chi connectivity index (χ1) is 16.3. The lowest BCUT2D eigenvalue weighted by atomic mass is 10.0. The maximum absolute atomic E-state index is 14.7. The third-order valence-corrected chi connectivity index (χ3v) is 7.03. The predicted octanol–water partition coefficient (Wildman–Crippen LogP) is 3.64. The molecule has 5 nitrogen and oxygen atoms in total. The van der Waals surface area contributed by atoms with Gasteiger partial charge in [-0.15, -0.1) is 23.5 Å². The molecule has 35 heavy (non-hydrogen) atoms. The van der Waals surface area contributed by atoms with Crippen LogP contribution in [-0.2, 0) is 9.59 Å². The molecule has 0 aliphatic rings. The number of carbonyl (C=O) groups is 2. The monoisotopic (exact) mass is 547 g/mol. The van der Waals surface area contributed by atoms with Crippen LogP contribution in [0.5, 0.6) is 0 Å². The molecule has 2 atom stereocenters. The molecular weight excluding hydrogens is 530 g/mol. The summed E-state index contributed by atoms with van der Waals surface area (Å²) in [4.78, 5) is 19.8. The summed E-state index contributed by atoms with van der Waals surface area (Å²) in [5, 5.41) is 2.39. The summed E-state index contributed by atoms with van der Waals surface area (Å²) < 4.78 is 117. The quantitative estimate of drug-likeness (QED) is 0.239. The van der Waals surface area contributed by atoms with Crippen molar-refractivity contribution in [1.82, 2.24) is 5.32 Å². The van der Waals surface area contributed by atoms with Crippen LogP contribution in [0.15, 0.2) is 9.79 Å². The molecule has 0 aliphatic carbocycles. The highest BCUT2D eigenvalue weighted by Gasteiger charge is 2.34. The third-order valence-electron chi connectivity index (χ3n) is 4.71. The number of Topliss-reactive ketones (excluding diaryl/α,β-unsaturated/α-hetero) is 1. The molecule has 0 bridgehead atoms. The fourth-order valence-corrected chi connectivity index (χ4v) is 4.79. The van der Waals surface area contributed by atoms with E-state index < -0.39 is 103 Å². The second-order valence-corrected chi connectivity index (χ2v) is 9.06. The Labute approximate surface area is 202 Å². The van der Waals surface area contributed by atoms with E-state index in [-0.39, 0.29) is 23.5 Å². The number of amides is 1. The minimum absolute atomic E-state index is 0.115.